The molecular weight excluding hydrogens is 492 g/mol. The number of rotatable bonds is 11. The Morgan fingerprint density at radius 1 is 0.769 bits per heavy atom. The van der Waals surface area contributed by atoms with Gasteiger partial charge in [0.2, 0.25) is 0 Å². The monoisotopic (exact) mass is 530 g/mol. The molecule has 0 bridgehead atoms. The zero-order valence-electron chi connectivity index (χ0n) is 23.4. The molecule has 39 heavy (non-hydrogen) atoms. The highest BCUT2D eigenvalue weighted by Gasteiger charge is 2.19. The number of ether oxygens (including phenoxy) is 4. The van der Waals surface area contributed by atoms with Gasteiger partial charge in [-0.3, -0.25) is 0 Å². The van der Waals surface area contributed by atoms with Gasteiger partial charge in [0.25, 0.3) is 0 Å². The summed E-state index contributed by atoms with van der Waals surface area (Å²) in [5.41, 5.74) is 4.06. The van der Waals surface area contributed by atoms with E-state index in [1.165, 1.54) is 0 Å². The zero-order chi connectivity index (χ0) is 27.2. The van der Waals surface area contributed by atoms with Gasteiger partial charge < -0.3 is 33.3 Å². The Morgan fingerprint density at radius 3 is 1.92 bits per heavy atom. The molecule has 2 heterocycles. The van der Waals surface area contributed by atoms with Crippen LogP contribution >= 0.6 is 0 Å². The molecule has 8 heteroatoms. The molecule has 3 aromatic carbocycles. The highest BCUT2D eigenvalue weighted by atomic mass is 16.5. The van der Waals surface area contributed by atoms with Gasteiger partial charge in [0.05, 0.1) is 24.2 Å². The topological polar surface area (TPSA) is 61.2 Å². The minimum atomic E-state index is 0.643. The maximum Gasteiger partial charge on any atom is 0.163 e. The van der Waals surface area contributed by atoms with Crippen LogP contribution in [0, 0.1) is 0 Å². The summed E-state index contributed by atoms with van der Waals surface area (Å²) >= 11 is 0. The van der Waals surface area contributed by atoms with E-state index in [-0.39, 0.29) is 0 Å². The summed E-state index contributed by atoms with van der Waals surface area (Å²) < 4.78 is 26.0. The van der Waals surface area contributed by atoms with Crippen molar-refractivity contribution in [3.63, 3.8) is 0 Å². The molecule has 0 N–H and O–H groups in total. The second-order valence-corrected chi connectivity index (χ2v) is 10.3. The molecule has 0 atom stereocenters. The molecule has 0 spiro atoms. The Morgan fingerprint density at radius 2 is 1.33 bits per heavy atom. The molecule has 1 aliphatic heterocycles. The summed E-state index contributed by atoms with van der Waals surface area (Å²) in [6.07, 6.45) is 0.865. The van der Waals surface area contributed by atoms with E-state index in [1.54, 1.807) is 0 Å². The molecule has 0 saturated heterocycles. The van der Waals surface area contributed by atoms with Crippen LogP contribution in [0.4, 0.5) is 0 Å². The summed E-state index contributed by atoms with van der Waals surface area (Å²) in [7, 11) is 8.17. The summed E-state index contributed by atoms with van der Waals surface area (Å²) in [6, 6.07) is 20.5. The van der Waals surface area contributed by atoms with Crippen molar-refractivity contribution in [1.82, 2.24) is 19.4 Å². The average molecular weight is 531 g/mol. The van der Waals surface area contributed by atoms with Crippen molar-refractivity contribution in [3.8, 4) is 34.4 Å². The second-order valence-electron chi connectivity index (χ2n) is 10.3. The van der Waals surface area contributed by atoms with E-state index in [1.807, 2.05) is 58.5 Å². The zero-order valence-corrected chi connectivity index (χ0v) is 23.4. The van der Waals surface area contributed by atoms with E-state index in [0.717, 1.165) is 70.5 Å². The van der Waals surface area contributed by atoms with E-state index >= 15 is 0 Å². The average Bonchev–Trinajstić information content (AvgIpc) is 3.09. The predicted octanol–water partition coefficient (Wildman–Crippen LogP) is 4.79. The number of fused-ring (bicyclic) bond motifs is 2. The summed E-state index contributed by atoms with van der Waals surface area (Å²) in [4.78, 5) is 9.27. The van der Waals surface area contributed by atoms with Crippen molar-refractivity contribution in [2.24, 2.45) is 0 Å². The highest BCUT2D eigenvalue weighted by molar-refractivity contribution is 5.84. The molecule has 0 fully saturated rings. The summed E-state index contributed by atoms with van der Waals surface area (Å²) in [5, 5.41) is 0. The van der Waals surface area contributed by atoms with Gasteiger partial charge in [-0.25, -0.2) is 4.98 Å². The molecular formula is C31H38N4O4. The van der Waals surface area contributed by atoms with Crippen LogP contribution in [-0.4, -0.2) is 87.1 Å². The smallest absolute Gasteiger partial charge is 0.163 e. The van der Waals surface area contributed by atoms with Crippen molar-refractivity contribution in [1.29, 1.82) is 0 Å². The number of nitrogens with zero attached hydrogens (tertiary/aromatic N) is 4. The van der Waals surface area contributed by atoms with Crippen molar-refractivity contribution < 1.29 is 18.9 Å². The molecule has 8 nitrogen and oxygen atoms in total. The highest BCUT2D eigenvalue weighted by Crippen LogP contribution is 2.37. The normalized spacial score (nSPS) is 13.2. The van der Waals surface area contributed by atoms with Gasteiger partial charge in [0.1, 0.15) is 30.5 Å². The van der Waals surface area contributed by atoms with Crippen LogP contribution < -0.4 is 18.9 Å². The van der Waals surface area contributed by atoms with Gasteiger partial charge in [-0.2, -0.15) is 0 Å². The number of hydrogen-bond donors (Lipinski definition) is 0. The third kappa shape index (κ3) is 6.82. The quantitative estimate of drug-likeness (QED) is 0.276. The van der Waals surface area contributed by atoms with Crippen molar-refractivity contribution in [2.45, 2.75) is 13.0 Å². The van der Waals surface area contributed by atoms with Crippen LogP contribution in [-0.2, 0) is 6.54 Å². The van der Waals surface area contributed by atoms with Crippen LogP contribution in [0.5, 0.6) is 23.0 Å². The fourth-order valence-corrected chi connectivity index (χ4v) is 4.43. The Balaban J connectivity index is 1.45. The van der Waals surface area contributed by atoms with E-state index in [4.69, 9.17) is 23.9 Å². The predicted molar refractivity (Wildman–Crippen MR) is 154 cm³/mol. The van der Waals surface area contributed by atoms with Crippen molar-refractivity contribution in [3.05, 3.63) is 66.2 Å². The minimum Gasteiger partial charge on any atom is -0.492 e. The van der Waals surface area contributed by atoms with E-state index < -0.39 is 0 Å². The van der Waals surface area contributed by atoms with Crippen LogP contribution in [0.1, 0.15) is 12.0 Å². The Labute approximate surface area is 230 Å². The first-order valence-corrected chi connectivity index (χ1v) is 13.5. The van der Waals surface area contributed by atoms with E-state index in [0.29, 0.717) is 33.0 Å². The number of aromatic nitrogens is 2. The van der Waals surface area contributed by atoms with Crippen LogP contribution in [0.15, 0.2) is 60.7 Å². The largest absolute Gasteiger partial charge is 0.492 e. The summed E-state index contributed by atoms with van der Waals surface area (Å²) in [5.74, 6) is 4.12. The lowest BCUT2D eigenvalue weighted by Crippen LogP contribution is -2.19. The molecule has 0 unspecified atom stereocenters. The number of benzene rings is 3. The van der Waals surface area contributed by atoms with Crippen LogP contribution in [0.3, 0.4) is 0 Å². The van der Waals surface area contributed by atoms with Gasteiger partial charge in [-0.05, 0) is 70.2 Å². The Hall–Kier alpha value is -3.75. The summed E-state index contributed by atoms with van der Waals surface area (Å²) in [6.45, 7) is 4.99. The fraction of sp³-hybridized carbons (Fsp3) is 0.387. The van der Waals surface area contributed by atoms with E-state index in [2.05, 4.69) is 44.7 Å². The SMILES string of the molecule is CN(C)CCOc1ccc(Cn2c(-c3ccc(OCCN(C)C)cc3)nc3cc4c(cc32)OCCCO4)cc1. The second kappa shape index (κ2) is 12.4. The van der Waals surface area contributed by atoms with Gasteiger partial charge in [-0.1, -0.05) is 12.1 Å². The van der Waals surface area contributed by atoms with E-state index in [9.17, 15) is 0 Å². The molecule has 206 valence electrons. The molecule has 1 aliphatic rings. The number of imidazole rings is 1. The molecule has 0 radical (unpaired) electrons. The third-order valence-corrected chi connectivity index (χ3v) is 6.61. The maximum atomic E-state index is 6.01. The number of hydrogen-bond acceptors (Lipinski definition) is 7. The lowest BCUT2D eigenvalue weighted by atomic mass is 10.1. The third-order valence-electron chi connectivity index (χ3n) is 6.61. The Bertz CT molecular complexity index is 1360. The molecule has 0 saturated carbocycles. The van der Waals surface area contributed by atoms with Gasteiger partial charge in [0.15, 0.2) is 11.5 Å². The van der Waals surface area contributed by atoms with Crippen molar-refractivity contribution >= 4 is 11.0 Å². The molecule has 1 aromatic heterocycles. The van der Waals surface area contributed by atoms with Crippen LogP contribution in [0.2, 0.25) is 0 Å². The Kier molecular flexibility index (Phi) is 8.54. The molecule has 5 rings (SSSR count). The fourth-order valence-electron chi connectivity index (χ4n) is 4.43. The molecule has 0 amide bonds. The van der Waals surface area contributed by atoms with Gasteiger partial charge in [-0.15, -0.1) is 0 Å². The number of likely N-dealkylation sites (N-methyl/N-ethyl adjacent to an activating group) is 2. The van der Waals surface area contributed by atoms with Gasteiger partial charge in [0, 0.05) is 43.8 Å². The maximum absolute atomic E-state index is 6.01. The molecule has 4 aromatic rings. The lowest BCUT2D eigenvalue weighted by Gasteiger charge is -2.14. The first kappa shape index (κ1) is 26.8. The van der Waals surface area contributed by atoms with Crippen molar-refractivity contribution in [2.75, 3.05) is 67.7 Å². The van der Waals surface area contributed by atoms with Crippen LogP contribution in [0.25, 0.3) is 22.4 Å². The molecule has 0 aliphatic carbocycles. The lowest BCUT2D eigenvalue weighted by molar-refractivity contribution is 0.261. The standard InChI is InChI=1S/C31H38N4O4/c1-33(2)14-18-36-25-10-6-23(7-11-25)22-35-28-21-30-29(38-16-5-17-39-30)20-27(28)32-31(35)24-8-12-26(13-9-24)37-19-15-34(3)4/h6-13,20-21H,5,14-19,22H2,1-4H3. The first-order chi connectivity index (χ1) is 19.0. The minimum absolute atomic E-state index is 0.643. The first-order valence-electron chi connectivity index (χ1n) is 13.5. The van der Waals surface area contributed by atoms with Gasteiger partial charge >= 0.3 is 0 Å².